The van der Waals surface area contributed by atoms with Gasteiger partial charge in [-0.25, -0.2) is 0 Å². The van der Waals surface area contributed by atoms with E-state index in [-0.39, 0.29) is 32.4 Å². The van der Waals surface area contributed by atoms with Gasteiger partial charge in [0.2, 0.25) is 35.4 Å². The highest BCUT2D eigenvalue weighted by Gasteiger charge is 2.43. The van der Waals surface area contributed by atoms with E-state index in [1.807, 2.05) is 0 Å². The Hall–Kier alpha value is -5.10. The molecule has 0 spiro atoms. The Kier molecular flexibility index (Phi) is 14.4. The summed E-state index contributed by atoms with van der Waals surface area (Å²) in [5.41, 5.74) is 6.26. The molecule has 3 rings (SSSR count). The average molecular weight is 690 g/mol. The van der Waals surface area contributed by atoms with Crippen LogP contribution in [-0.2, 0) is 44.8 Å². The normalized spacial score (nSPS) is 25.9. The van der Waals surface area contributed by atoms with Crippen LogP contribution < -0.4 is 32.3 Å². The third-order valence-electron chi connectivity index (χ3n) is 8.08. The van der Waals surface area contributed by atoms with Crippen LogP contribution in [0.4, 0.5) is 0 Å². The number of unbranched alkanes of at least 4 members (excludes halogenated alkanes) is 1. The number of amides is 6. The van der Waals surface area contributed by atoms with Crippen molar-refractivity contribution >= 4 is 47.4 Å². The Morgan fingerprint density at radius 3 is 2.08 bits per heavy atom. The maximum Gasteiger partial charge on any atom is 0.305 e. The Bertz CT molecular complexity index is 1390. The Labute approximate surface area is 281 Å². The first-order valence-electron chi connectivity index (χ1n) is 15.9. The lowest BCUT2D eigenvalue weighted by molar-refractivity contribution is -0.145. The summed E-state index contributed by atoms with van der Waals surface area (Å²) >= 11 is 0. The second-order valence-corrected chi connectivity index (χ2v) is 11.9. The lowest BCUT2D eigenvalue weighted by atomic mass is 10.0. The summed E-state index contributed by atoms with van der Waals surface area (Å²) < 4.78 is 0. The van der Waals surface area contributed by atoms with Crippen LogP contribution in [0.5, 0.6) is 0 Å². The van der Waals surface area contributed by atoms with E-state index in [0.29, 0.717) is 18.4 Å². The van der Waals surface area contributed by atoms with Gasteiger partial charge in [0.1, 0.15) is 30.2 Å². The van der Waals surface area contributed by atoms with E-state index in [4.69, 9.17) is 5.73 Å². The largest absolute Gasteiger partial charge is 0.481 e. The number of benzene rings is 1. The molecule has 2 aliphatic heterocycles. The Morgan fingerprint density at radius 1 is 0.776 bits per heavy atom. The van der Waals surface area contributed by atoms with Crippen molar-refractivity contribution in [3.8, 4) is 0 Å². The number of aliphatic carboxylic acids is 2. The van der Waals surface area contributed by atoms with E-state index in [1.165, 1.54) is 0 Å². The highest BCUT2D eigenvalue weighted by atomic mass is 16.4. The number of nitrogens with one attached hydrogen (secondary N) is 5. The van der Waals surface area contributed by atoms with Crippen LogP contribution >= 0.6 is 0 Å². The van der Waals surface area contributed by atoms with Crippen molar-refractivity contribution in [3.05, 3.63) is 35.9 Å². The zero-order chi connectivity index (χ0) is 36.1. The van der Waals surface area contributed by atoms with Crippen LogP contribution in [0.2, 0.25) is 0 Å². The van der Waals surface area contributed by atoms with Gasteiger partial charge in [-0.05, 0) is 37.8 Å². The van der Waals surface area contributed by atoms with Crippen molar-refractivity contribution in [1.29, 1.82) is 0 Å². The molecular formula is C31H43N7O11. The first-order chi connectivity index (χ1) is 23.3. The molecule has 0 saturated carbocycles. The summed E-state index contributed by atoms with van der Waals surface area (Å²) in [5.74, 6) is -8.14. The highest BCUT2D eigenvalue weighted by Crippen LogP contribution is 2.21. The van der Waals surface area contributed by atoms with Gasteiger partial charge in [0.15, 0.2) is 0 Å². The van der Waals surface area contributed by atoms with E-state index in [2.05, 4.69) is 26.6 Å². The molecule has 1 aromatic carbocycles. The molecule has 18 nitrogen and oxygen atoms in total. The minimum Gasteiger partial charge on any atom is -0.481 e. The molecule has 2 saturated heterocycles. The van der Waals surface area contributed by atoms with E-state index in [1.54, 1.807) is 30.3 Å². The van der Waals surface area contributed by atoms with Crippen LogP contribution in [0.25, 0.3) is 0 Å². The first-order valence-corrected chi connectivity index (χ1v) is 15.9. The molecule has 49 heavy (non-hydrogen) atoms. The monoisotopic (exact) mass is 689 g/mol. The second-order valence-electron chi connectivity index (χ2n) is 11.9. The third-order valence-corrected chi connectivity index (χ3v) is 8.08. The van der Waals surface area contributed by atoms with Crippen LogP contribution in [0.15, 0.2) is 30.3 Å². The number of nitrogens with zero attached hydrogens (tertiary/aromatic N) is 1. The van der Waals surface area contributed by atoms with Gasteiger partial charge < -0.3 is 52.5 Å². The van der Waals surface area contributed by atoms with E-state index >= 15 is 0 Å². The summed E-state index contributed by atoms with van der Waals surface area (Å²) in [6.07, 6.45) is -2.51. The number of rotatable bonds is 11. The number of carboxylic acids is 2. The molecule has 18 heteroatoms. The van der Waals surface area contributed by atoms with Crippen molar-refractivity contribution in [2.24, 2.45) is 5.73 Å². The van der Waals surface area contributed by atoms with Crippen molar-refractivity contribution in [2.45, 2.75) is 87.7 Å². The van der Waals surface area contributed by atoms with E-state index in [9.17, 15) is 53.7 Å². The zero-order valence-corrected chi connectivity index (χ0v) is 26.8. The molecule has 6 atom stereocenters. The topological polar surface area (TPSA) is 287 Å². The molecule has 0 aliphatic carbocycles. The predicted molar refractivity (Wildman–Crippen MR) is 169 cm³/mol. The molecule has 1 aromatic rings. The SMILES string of the molecule is NCCCC[C@@H]1NC(=O)[C@H](Cc2ccccc2)NC(=O)CNC(=O)[C@H](CC(=O)O)NC(=O)[C@@H]2C[C@@H](O)CN2C(=O)[C@H](CCC(=O)O)NC1=O. The van der Waals surface area contributed by atoms with Gasteiger partial charge in [-0.1, -0.05) is 30.3 Å². The summed E-state index contributed by atoms with van der Waals surface area (Å²) in [7, 11) is 0. The molecule has 268 valence electrons. The smallest absolute Gasteiger partial charge is 0.305 e. The first kappa shape index (κ1) is 38.3. The number of carbonyl (C=O) groups is 8. The van der Waals surface area contributed by atoms with Crippen LogP contribution in [0, 0.1) is 0 Å². The molecule has 10 N–H and O–H groups in total. The summed E-state index contributed by atoms with van der Waals surface area (Å²) in [6, 6.07) is 1.44. The van der Waals surface area contributed by atoms with Gasteiger partial charge in [0.25, 0.3) is 0 Å². The minimum atomic E-state index is -1.70. The van der Waals surface area contributed by atoms with E-state index < -0.39 is 110 Å². The molecule has 0 bridgehead atoms. The number of hydrogen-bond donors (Lipinski definition) is 9. The lowest BCUT2D eigenvalue weighted by Gasteiger charge is -2.31. The van der Waals surface area contributed by atoms with Gasteiger partial charge in [-0.15, -0.1) is 0 Å². The Balaban J connectivity index is 2.03. The van der Waals surface area contributed by atoms with Gasteiger partial charge in [-0.2, -0.15) is 0 Å². The molecule has 6 amide bonds. The number of carbonyl (C=O) groups excluding carboxylic acids is 6. The summed E-state index contributed by atoms with van der Waals surface area (Å²) in [6.45, 7) is -0.805. The quantitative estimate of drug-likeness (QED) is 0.104. The maximum absolute atomic E-state index is 13.8. The molecular weight excluding hydrogens is 646 g/mol. The highest BCUT2D eigenvalue weighted by molar-refractivity contribution is 5.98. The van der Waals surface area contributed by atoms with Crippen molar-refractivity contribution in [1.82, 2.24) is 31.5 Å². The van der Waals surface area contributed by atoms with Crippen molar-refractivity contribution in [2.75, 3.05) is 19.6 Å². The summed E-state index contributed by atoms with van der Waals surface area (Å²) in [4.78, 5) is 104. The predicted octanol–water partition coefficient (Wildman–Crippen LogP) is -3.27. The fraction of sp³-hybridized carbons (Fsp3) is 0.548. The van der Waals surface area contributed by atoms with Gasteiger partial charge in [0.05, 0.1) is 19.1 Å². The fourth-order valence-electron chi connectivity index (χ4n) is 5.58. The minimum absolute atomic E-state index is 0.0282. The number of aliphatic hydroxyl groups is 1. The third kappa shape index (κ3) is 11.8. The summed E-state index contributed by atoms with van der Waals surface area (Å²) in [5, 5.41) is 41.3. The lowest BCUT2D eigenvalue weighted by Crippen LogP contribution is -2.60. The fourth-order valence-corrected chi connectivity index (χ4v) is 5.58. The second kappa shape index (κ2) is 18.4. The van der Waals surface area contributed by atoms with Crippen molar-refractivity contribution < 1.29 is 53.7 Å². The van der Waals surface area contributed by atoms with E-state index in [0.717, 1.165) is 4.90 Å². The van der Waals surface area contributed by atoms with Gasteiger partial charge >= 0.3 is 11.9 Å². The molecule has 0 unspecified atom stereocenters. The maximum atomic E-state index is 13.8. The molecule has 0 radical (unpaired) electrons. The molecule has 0 aromatic heterocycles. The van der Waals surface area contributed by atoms with Crippen LogP contribution in [0.3, 0.4) is 0 Å². The number of fused-ring (bicyclic) bond motifs is 1. The van der Waals surface area contributed by atoms with Crippen LogP contribution in [0.1, 0.15) is 50.5 Å². The number of carboxylic acid groups (broad SMARTS) is 2. The van der Waals surface area contributed by atoms with Crippen molar-refractivity contribution in [3.63, 3.8) is 0 Å². The van der Waals surface area contributed by atoms with Crippen LogP contribution in [-0.4, -0.2) is 124 Å². The molecule has 2 aliphatic rings. The van der Waals surface area contributed by atoms with Gasteiger partial charge in [-0.3, -0.25) is 38.4 Å². The number of hydrogen-bond acceptors (Lipinski definition) is 10. The van der Waals surface area contributed by atoms with Gasteiger partial charge in [0, 0.05) is 25.8 Å². The molecule has 2 heterocycles. The number of nitrogens with two attached hydrogens (primary N) is 1. The standard InChI is InChI=1S/C31H43N7O11/c32-11-5-4-8-19-28(46)36-20(9-10-25(41)42)31(49)38-16-18(39)13-23(38)30(48)37-22(14-26(43)44)27(45)33-15-24(40)34-21(29(47)35-19)12-17-6-2-1-3-7-17/h1-3,6-7,18-23,39H,4-5,8-16,32H2,(H,33,45)(H,34,40)(H,35,47)(H,36,46)(H,37,48)(H,41,42)(H,43,44)/t18-,19+,20+,21+,22+,23+/m1/s1. The molecule has 2 fully saturated rings. The Morgan fingerprint density at radius 2 is 1.43 bits per heavy atom. The average Bonchev–Trinajstić information content (AvgIpc) is 3.45. The number of aliphatic hydroxyl groups excluding tert-OH is 1. The zero-order valence-electron chi connectivity index (χ0n) is 26.8.